The van der Waals surface area contributed by atoms with Crippen LogP contribution in [0.1, 0.15) is 45.6 Å². The lowest BCUT2D eigenvalue weighted by Crippen LogP contribution is -2.50. The molecule has 33 heavy (non-hydrogen) atoms. The van der Waals surface area contributed by atoms with E-state index in [9.17, 15) is 28.7 Å². The van der Waals surface area contributed by atoms with Crippen LogP contribution in [0.2, 0.25) is 0 Å². The smallest absolute Gasteiger partial charge is 0.418 e. The van der Waals surface area contributed by atoms with Crippen molar-refractivity contribution in [1.29, 1.82) is 0 Å². The highest BCUT2D eigenvalue weighted by Crippen LogP contribution is 2.16. The number of imide groups is 1. The monoisotopic (exact) mass is 465 g/mol. The highest BCUT2D eigenvalue weighted by molar-refractivity contribution is 6.04. The molecular weight excluding hydrogens is 433 g/mol. The van der Waals surface area contributed by atoms with Crippen LogP contribution in [0.15, 0.2) is 36.4 Å². The topological polar surface area (TPSA) is 139 Å². The summed E-state index contributed by atoms with van der Waals surface area (Å²) in [4.78, 5) is 49.7. The van der Waals surface area contributed by atoms with Gasteiger partial charge in [-0.25, -0.2) is 18.9 Å². The first-order valence-electron chi connectivity index (χ1n) is 10.6. The van der Waals surface area contributed by atoms with Crippen molar-refractivity contribution < 1.29 is 33.4 Å². The molecule has 0 aliphatic heterocycles. The zero-order valence-corrected chi connectivity index (χ0v) is 19.2. The highest BCUT2D eigenvalue weighted by atomic mass is 19.1. The first-order valence-corrected chi connectivity index (χ1v) is 10.6. The molecule has 1 aromatic rings. The summed E-state index contributed by atoms with van der Waals surface area (Å²) in [7, 11) is 0. The van der Waals surface area contributed by atoms with Crippen LogP contribution in [-0.4, -0.2) is 58.6 Å². The minimum absolute atomic E-state index is 0.00474. The average Bonchev–Trinajstić information content (AvgIpc) is 2.71. The molecule has 3 amide bonds. The lowest BCUT2D eigenvalue weighted by atomic mass is 10.1. The Morgan fingerprint density at radius 1 is 1.15 bits per heavy atom. The maximum absolute atomic E-state index is 12.9. The molecule has 182 valence electrons. The van der Waals surface area contributed by atoms with Gasteiger partial charge in [0, 0.05) is 18.7 Å². The minimum atomic E-state index is -1.47. The van der Waals surface area contributed by atoms with Crippen LogP contribution in [0.25, 0.3) is 0 Å². The fraction of sp³-hybridized carbons (Fsp3) is 0.478. The number of benzene rings is 1. The van der Waals surface area contributed by atoms with E-state index in [0.29, 0.717) is 30.7 Å². The van der Waals surface area contributed by atoms with E-state index >= 15 is 0 Å². The van der Waals surface area contributed by atoms with Crippen molar-refractivity contribution in [3.63, 3.8) is 0 Å². The van der Waals surface area contributed by atoms with Gasteiger partial charge in [-0.15, -0.1) is 0 Å². The van der Waals surface area contributed by atoms with Gasteiger partial charge in [0.05, 0.1) is 0 Å². The van der Waals surface area contributed by atoms with Gasteiger partial charge in [0.15, 0.2) is 0 Å². The van der Waals surface area contributed by atoms with E-state index in [1.54, 1.807) is 32.9 Å². The summed E-state index contributed by atoms with van der Waals surface area (Å²) in [6.07, 6.45) is 1.98. The third kappa shape index (κ3) is 10.7. The van der Waals surface area contributed by atoms with Gasteiger partial charge in [-0.2, -0.15) is 0 Å². The van der Waals surface area contributed by atoms with Gasteiger partial charge in [-0.3, -0.25) is 9.59 Å². The second-order valence-electron chi connectivity index (χ2n) is 8.33. The number of nitrogens with zero attached hydrogens (tertiary/aromatic N) is 1. The molecule has 0 fully saturated rings. The summed E-state index contributed by atoms with van der Waals surface area (Å²) >= 11 is 0. The third-order valence-corrected chi connectivity index (χ3v) is 4.36. The number of aliphatic carboxylic acids is 1. The van der Waals surface area contributed by atoms with E-state index < -0.39 is 35.5 Å². The largest absolute Gasteiger partial charge is 0.480 e. The molecule has 1 atom stereocenters. The van der Waals surface area contributed by atoms with Crippen LogP contribution in [0.4, 0.5) is 9.18 Å². The number of hydrogen-bond donors (Lipinski definition) is 3. The van der Waals surface area contributed by atoms with Crippen LogP contribution in [0.5, 0.6) is 0 Å². The van der Waals surface area contributed by atoms with Crippen molar-refractivity contribution >= 4 is 23.9 Å². The Labute approximate surface area is 192 Å². The van der Waals surface area contributed by atoms with Crippen molar-refractivity contribution in [2.24, 2.45) is 5.73 Å². The number of carbonyl (C=O) groups is 4. The summed E-state index contributed by atoms with van der Waals surface area (Å²) in [5.74, 6) is -3.33. The van der Waals surface area contributed by atoms with Gasteiger partial charge in [-0.05, 0) is 70.7 Å². The maximum Gasteiger partial charge on any atom is 0.418 e. The number of unbranched alkanes of at least 4 members (excludes halogenated alkanes) is 1. The number of amides is 3. The van der Waals surface area contributed by atoms with Crippen molar-refractivity contribution in [2.75, 3.05) is 13.1 Å². The molecule has 0 saturated heterocycles. The number of carboxylic acids is 1. The predicted octanol–water partition coefficient (Wildman–Crippen LogP) is 2.39. The van der Waals surface area contributed by atoms with Crippen LogP contribution < -0.4 is 11.1 Å². The Morgan fingerprint density at radius 2 is 1.79 bits per heavy atom. The highest BCUT2D eigenvalue weighted by Gasteiger charge is 2.36. The Balaban J connectivity index is 2.85. The fourth-order valence-corrected chi connectivity index (χ4v) is 2.79. The molecule has 1 rings (SSSR count). The normalized spacial score (nSPS) is 12.3. The molecule has 0 saturated carbocycles. The van der Waals surface area contributed by atoms with E-state index in [1.807, 2.05) is 0 Å². The van der Waals surface area contributed by atoms with E-state index in [4.69, 9.17) is 10.5 Å². The van der Waals surface area contributed by atoms with Crippen LogP contribution >= 0.6 is 0 Å². The molecule has 0 unspecified atom stereocenters. The lowest BCUT2D eigenvalue weighted by Gasteiger charge is -2.29. The number of hydrogen-bond acceptors (Lipinski definition) is 6. The molecule has 0 aliphatic carbocycles. The molecule has 4 N–H and O–H groups in total. The summed E-state index contributed by atoms with van der Waals surface area (Å²) < 4.78 is 18.1. The quantitative estimate of drug-likeness (QED) is 0.337. The van der Waals surface area contributed by atoms with Crippen molar-refractivity contribution in [3.8, 4) is 0 Å². The number of nitrogens with one attached hydrogen (secondary N) is 1. The molecule has 0 heterocycles. The summed E-state index contributed by atoms with van der Waals surface area (Å²) in [5.41, 5.74) is 5.30. The molecular formula is C23H32FN3O6. The van der Waals surface area contributed by atoms with Gasteiger partial charge in [0.1, 0.15) is 17.5 Å². The number of rotatable bonds is 11. The lowest BCUT2D eigenvalue weighted by molar-refractivity contribution is -0.148. The molecule has 0 bridgehead atoms. The molecule has 0 aromatic heterocycles. The Hall–Kier alpha value is -3.27. The number of carbonyl (C=O) groups excluding carboxylic acids is 3. The van der Waals surface area contributed by atoms with Crippen molar-refractivity contribution in [3.05, 3.63) is 47.8 Å². The summed E-state index contributed by atoms with van der Waals surface area (Å²) in [6, 6.07) is 4.35. The Bertz CT molecular complexity index is 849. The van der Waals surface area contributed by atoms with Crippen LogP contribution in [0, 0.1) is 5.82 Å². The molecule has 10 heteroatoms. The first kappa shape index (κ1) is 27.8. The van der Waals surface area contributed by atoms with E-state index in [0.717, 1.165) is 17.7 Å². The average molecular weight is 466 g/mol. The molecule has 9 nitrogen and oxygen atoms in total. The Morgan fingerprint density at radius 3 is 2.33 bits per heavy atom. The standard InChI is InChI=1S/C23H32FN3O6/c1-23(2,3)33-22(32)27(18(21(30)31)6-4-5-14-25)20(29)12-11-19(28)26-15-13-16-7-9-17(24)10-8-16/h7-12,18H,4-6,13-15,25H2,1-3H3,(H,26,28)(H,30,31)/b12-11+/t18-/m0/s1. The number of nitrogens with two attached hydrogens (primary N) is 1. The molecule has 1 aromatic carbocycles. The zero-order valence-electron chi connectivity index (χ0n) is 19.2. The minimum Gasteiger partial charge on any atom is -0.480 e. The van der Waals surface area contributed by atoms with Gasteiger partial charge in [0.2, 0.25) is 5.91 Å². The summed E-state index contributed by atoms with van der Waals surface area (Å²) in [6.45, 7) is 5.33. The SMILES string of the molecule is CC(C)(C)OC(=O)N(C(=O)/C=C/C(=O)NCCc1ccc(F)cc1)[C@@H](CCCCN)C(=O)O. The number of ether oxygens (including phenoxy) is 1. The van der Waals surface area contributed by atoms with E-state index in [1.165, 1.54) is 12.1 Å². The van der Waals surface area contributed by atoms with Crippen molar-refractivity contribution in [2.45, 2.75) is 58.1 Å². The zero-order chi connectivity index (χ0) is 25.0. The van der Waals surface area contributed by atoms with E-state index in [-0.39, 0.29) is 18.8 Å². The summed E-state index contributed by atoms with van der Waals surface area (Å²) in [5, 5.41) is 12.2. The first-order chi connectivity index (χ1) is 15.4. The molecule has 0 aliphatic rings. The van der Waals surface area contributed by atoms with Gasteiger partial charge in [0.25, 0.3) is 5.91 Å². The Kier molecular flexibility index (Phi) is 11.2. The second-order valence-corrected chi connectivity index (χ2v) is 8.33. The fourth-order valence-electron chi connectivity index (χ4n) is 2.79. The van der Waals surface area contributed by atoms with Gasteiger partial charge >= 0.3 is 12.1 Å². The van der Waals surface area contributed by atoms with Gasteiger partial charge < -0.3 is 20.9 Å². The second kappa shape index (κ2) is 13.3. The molecule has 0 spiro atoms. The maximum atomic E-state index is 12.9. The third-order valence-electron chi connectivity index (χ3n) is 4.36. The van der Waals surface area contributed by atoms with Gasteiger partial charge in [-0.1, -0.05) is 12.1 Å². The number of halogens is 1. The van der Waals surface area contributed by atoms with E-state index in [2.05, 4.69) is 5.32 Å². The molecule has 0 radical (unpaired) electrons. The number of carboxylic acid groups (broad SMARTS) is 1. The van der Waals surface area contributed by atoms with Crippen molar-refractivity contribution in [1.82, 2.24) is 10.2 Å². The van der Waals surface area contributed by atoms with Crippen LogP contribution in [0.3, 0.4) is 0 Å². The predicted molar refractivity (Wildman–Crippen MR) is 120 cm³/mol. The van der Waals surface area contributed by atoms with Crippen LogP contribution in [-0.2, 0) is 25.5 Å².